The molecule has 0 radical (unpaired) electrons. The van der Waals surface area contributed by atoms with Crippen molar-refractivity contribution in [2.24, 2.45) is 0 Å². The van der Waals surface area contributed by atoms with Crippen molar-refractivity contribution in [3.05, 3.63) is 65.2 Å². The molecule has 0 heterocycles. The fourth-order valence-electron chi connectivity index (χ4n) is 2.48. The predicted octanol–water partition coefficient (Wildman–Crippen LogP) is 3.31. The van der Waals surface area contributed by atoms with Gasteiger partial charge in [0, 0.05) is 25.7 Å². The molecule has 2 rings (SSSR count). The molecule has 0 aliphatic carbocycles. The molecule has 1 N–H and O–H groups in total. The van der Waals surface area contributed by atoms with Crippen LogP contribution < -0.4 is 10.1 Å². The van der Waals surface area contributed by atoms with E-state index < -0.39 is 23.6 Å². The minimum absolute atomic E-state index is 0.138. The fourth-order valence-corrected chi connectivity index (χ4v) is 2.48. The van der Waals surface area contributed by atoms with Gasteiger partial charge < -0.3 is 15.0 Å². The molecule has 0 saturated heterocycles. The Morgan fingerprint density at radius 2 is 1.85 bits per heavy atom. The number of ether oxygens (including phenoxy) is 1. The minimum atomic E-state index is -0.927. The summed E-state index contributed by atoms with van der Waals surface area (Å²) in [6.07, 6.45) is 0.510. The van der Waals surface area contributed by atoms with Gasteiger partial charge in [-0.2, -0.15) is 0 Å². The Morgan fingerprint density at radius 1 is 1.15 bits per heavy atom. The van der Waals surface area contributed by atoms with Crippen LogP contribution in [0.4, 0.5) is 8.78 Å². The Kier molecular flexibility index (Phi) is 6.87. The third kappa shape index (κ3) is 5.26. The lowest BCUT2D eigenvalue weighted by Gasteiger charge is -2.21. The van der Waals surface area contributed by atoms with Gasteiger partial charge in [-0.1, -0.05) is 25.1 Å². The highest BCUT2D eigenvalue weighted by molar-refractivity contribution is 5.94. The quantitative estimate of drug-likeness (QED) is 0.807. The maximum atomic E-state index is 13.9. The van der Waals surface area contributed by atoms with E-state index in [1.807, 2.05) is 6.92 Å². The van der Waals surface area contributed by atoms with Crippen LogP contribution in [0.5, 0.6) is 5.75 Å². The van der Waals surface area contributed by atoms with Gasteiger partial charge in [0.05, 0.1) is 11.6 Å². The Balaban J connectivity index is 2.19. The number of hydrogen-bond acceptors (Lipinski definition) is 3. The lowest BCUT2D eigenvalue weighted by molar-refractivity contribution is -0.130. The minimum Gasteiger partial charge on any atom is -0.483 e. The molecule has 0 aliphatic rings. The topological polar surface area (TPSA) is 58.6 Å². The summed E-state index contributed by atoms with van der Waals surface area (Å²) < 4.78 is 32.5. The third-order valence-electron chi connectivity index (χ3n) is 4.03. The van der Waals surface area contributed by atoms with Gasteiger partial charge in [-0.25, -0.2) is 8.78 Å². The van der Waals surface area contributed by atoms with Crippen LogP contribution in [0.3, 0.4) is 0 Å². The van der Waals surface area contributed by atoms with Gasteiger partial charge in [0.1, 0.15) is 17.4 Å². The number of benzene rings is 2. The number of para-hydroxylation sites is 1. The fraction of sp³-hybridized carbons (Fsp3) is 0.300. The Labute approximate surface area is 156 Å². The van der Waals surface area contributed by atoms with Crippen molar-refractivity contribution in [2.75, 3.05) is 20.7 Å². The van der Waals surface area contributed by atoms with Gasteiger partial charge in [0.15, 0.2) is 6.61 Å². The summed E-state index contributed by atoms with van der Waals surface area (Å²) in [5, 5.41) is 2.73. The van der Waals surface area contributed by atoms with Crippen LogP contribution >= 0.6 is 0 Å². The summed E-state index contributed by atoms with van der Waals surface area (Å²) >= 11 is 0. The first kappa shape index (κ1) is 20.4. The highest BCUT2D eigenvalue weighted by Gasteiger charge is 2.20. The summed E-state index contributed by atoms with van der Waals surface area (Å²) in [6, 6.07) is 9.34. The van der Waals surface area contributed by atoms with E-state index in [2.05, 4.69) is 5.32 Å². The predicted molar refractivity (Wildman–Crippen MR) is 97.5 cm³/mol. The average molecular weight is 376 g/mol. The summed E-state index contributed by atoms with van der Waals surface area (Å²) in [7, 11) is 3.26. The van der Waals surface area contributed by atoms with Crippen LogP contribution in [0.25, 0.3) is 0 Å². The smallest absolute Gasteiger partial charge is 0.259 e. The van der Waals surface area contributed by atoms with Gasteiger partial charge in [-0.05, 0) is 24.6 Å². The van der Waals surface area contributed by atoms with Gasteiger partial charge in [0.25, 0.3) is 11.8 Å². The molecule has 2 aromatic rings. The molecule has 2 amide bonds. The molecule has 0 bridgehead atoms. The van der Waals surface area contributed by atoms with E-state index >= 15 is 0 Å². The van der Waals surface area contributed by atoms with Gasteiger partial charge >= 0.3 is 0 Å². The highest BCUT2D eigenvalue weighted by Crippen LogP contribution is 2.27. The zero-order chi connectivity index (χ0) is 20.0. The number of amides is 2. The maximum absolute atomic E-state index is 13.9. The molecule has 7 heteroatoms. The standard InChI is InChI=1S/C20H22F2N2O3/c1-4-17(23-20(26)14-10-9-13(21)11-16(14)22)15-7-5-6-8-18(15)27-12-19(25)24(2)3/h5-11,17H,4,12H2,1-3H3,(H,23,26)/t17-/m0/s1. The molecule has 144 valence electrons. The SMILES string of the molecule is CC[C@H](NC(=O)c1ccc(F)cc1F)c1ccccc1OCC(=O)N(C)C. The molecule has 2 aromatic carbocycles. The molecule has 0 aromatic heterocycles. The van der Waals surface area contributed by atoms with Crippen LogP contribution in [0.2, 0.25) is 0 Å². The van der Waals surface area contributed by atoms with Crippen molar-refractivity contribution in [2.45, 2.75) is 19.4 Å². The van der Waals surface area contributed by atoms with E-state index in [9.17, 15) is 18.4 Å². The van der Waals surface area contributed by atoms with Crippen molar-refractivity contribution in [1.29, 1.82) is 0 Å². The van der Waals surface area contributed by atoms with Crippen LogP contribution in [0, 0.1) is 11.6 Å². The second-order valence-corrected chi connectivity index (χ2v) is 6.17. The largest absolute Gasteiger partial charge is 0.483 e. The highest BCUT2D eigenvalue weighted by atomic mass is 19.1. The molecule has 27 heavy (non-hydrogen) atoms. The van der Waals surface area contributed by atoms with E-state index in [-0.39, 0.29) is 18.1 Å². The van der Waals surface area contributed by atoms with Crippen molar-refractivity contribution < 1.29 is 23.1 Å². The second kappa shape index (κ2) is 9.12. The van der Waals surface area contributed by atoms with Gasteiger partial charge in [-0.15, -0.1) is 0 Å². The number of nitrogens with zero attached hydrogens (tertiary/aromatic N) is 1. The number of nitrogens with one attached hydrogen (secondary N) is 1. The summed E-state index contributed by atoms with van der Waals surface area (Å²) in [5.41, 5.74) is 0.429. The van der Waals surface area contributed by atoms with E-state index in [0.29, 0.717) is 23.8 Å². The number of halogens is 2. The molecular formula is C20H22F2N2O3. The average Bonchev–Trinajstić information content (AvgIpc) is 2.64. The zero-order valence-corrected chi connectivity index (χ0v) is 15.5. The summed E-state index contributed by atoms with van der Waals surface area (Å²) in [5.74, 6) is -2.07. The monoisotopic (exact) mass is 376 g/mol. The molecular weight excluding hydrogens is 354 g/mol. The number of hydrogen-bond donors (Lipinski definition) is 1. The first-order chi connectivity index (χ1) is 12.8. The molecule has 0 fully saturated rings. The lowest BCUT2D eigenvalue weighted by atomic mass is 10.0. The molecule has 5 nitrogen and oxygen atoms in total. The van der Waals surface area contributed by atoms with Gasteiger partial charge in [0.2, 0.25) is 0 Å². The lowest BCUT2D eigenvalue weighted by Crippen LogP contribution is -2.30. The molecule has 1 atom stereocenters. The van der Waals surface area contributed by atoms with E-state index in [4.69, 9.17) is 4.74 Å². The number of likely N-dealkylation sites (N-methyl/N-ethyl adjacent to an activating group) is 1. The first-order valence-electron chi connectivity index (χ1n) is 8.51. The number of rotatable bonds is 7. The number of carbonyl (C=O) groups excluding carboxylic acids is 2. The summed E-state index contributed by atoms with van der Waals surface area (Å²) in [6.45, 7) is 1.72. The van der Waals surface area contributed by atoms with E-state index in [1.165, 1.54) is 4.90 Å². The Hall–Kier alpha value is -2.96. The Morgan fingerprint density at radius 3 is 2.48 bits per heavy atom. The van der Waals surface area contributed by atoms with Crippen molar-refractivity contribution in [3.63, 3.8) is 0 Å². The first-order valence-corrected chi connectivity index (χ1v) is 8.51. The van der Waals surface area contributed by atoms with Gasteiger partial charge in [-0.3, -0.25) is 9.59 Å². The van der Waals surface area contributed by atoms with Crippen molar-refractivity contribution in [3.8, 4) is 5.75 Å². The van der Waals surface area contributed by atoms with Crippen LogP contribution in [-0.2, 0) is 4.79 Å². The van der Waals surface area contributed by atoms with Crippen molar-refractivity contribution in [1.82, 2.24) is 10.2 Å². The molecule has 0 saturated carbocycles. The Bertz CT molecular complexity index is 825. The normalized spacial score (nSPS) is 11.6. The number of carbonyl (C=O) groups is 2. The van der Waals surface area contributed by atoms with E-state index in [0.717, 1.165) is 12.1 Å². The zero-order valence-electron chi connectivity index (χ0n) is 15.5. The third-order valence-corrected chi connectivity index (χ3v) is 4.03. The van der Waals surface area contributed by atoms with Crippen LogP contribution in [0.15, 0.2) is 42.5 Å². The summed E-state index contributed by atoms with van der Waals surface area (Å²) in [4.78, 5) is 25.6. The maximum Gasteiger partial charge on any atom is 0.259 e. The molecule has 0 aliphatic heterocycles. The van der Waals surface area contributed by atoms with E-state index in [1.54, 1.807) is 38.4 Å². The molecule has 0 spiro atoms. The van der Waals surface area contributed by atoms with Crippen LogP contribution in [-0.4, -0.2) is 37.4 Å². The molecule has 0 unspecified atom stereocenters. The van der Waals surface area contributed by atoms with Crippen LogP contribution in [0.1, 0.15) is 35.3 Å². The second-order valence-electron chi connectivity index (χ2n) is 6.17. The van der Waals surface area contributed by atoms with Crippen molar-refractivity contribution >= 4 is 11.8 Å².